The first-order chi connectivity index (χ1) is 7.02. The molecule has 9 heteroatoms. The Hall–Kier alpha value is -0.990. The number of nitrogens with zero attached hydrogens (tertiary/aromatic N) is 3. The molecule has 0 aliphatic rings. The predicted molar refractivity (Wildman–Crippen MR) is 60.1 cm³/mol. The maximum atomic E-state index is 12.6. The van der Waals surface area contributed by atoms with Gasteiger partial charge in [-0.3, -0.25) is 0 Å². The number of anilines is 1. The number of nitrogen functional groups attached to an aromatic ring is 1. The van der Waals surface area contributed by atoms with Crippen molar-refractivity contribution in [3.8, 4) is 0 Å². The van der Waals surface area contributed by atoms with E-state index in [-0.39, 0.29) is 27.1 Å². The maximum absolute atomic E-state index is 12.6. The van der Waals surface area contributed by atoms with Crippen LogP contribution in [0.5, 0.6) is 0 Å². The van der Waals surface area contributed by atoms with Crippen molar-refractivity contribution in [3.05, 3.63) is 21.4 Å². The monoisotopic (exact) mass is 313 g/mol. The number of aromatic nitrogens is 3. The zero-order chi connectivity index (χ0) is 11.2. The summed E-state index contributed by atoms with van der Waals surface area (Å²) in [6.07, 6.45) is -1.43. The molecule has 0 radical (unpaired) electrons. The van der Waals surface area contributed by atoms with Gasteiger partial charge in [0.25, 0.3) is 6.43 Å². The Labute approximate surface area is 102 Å². The highest BCUT2D eigenvalue weighted by atomic mass is 79.9. The molecule has 2 heterocycles. The first-order valence-electron chi connectivity index (χ1n) is 3.78. The minimum Gasteiger partial charge on any atom is -0.383 e. The van der Waals surface area contributed by atoms with Crippen LogP contribution in [0.15, 0.2) is 10.7 Å². The van der Waals surface area contributed by atoms with Crippen LogP contribution in [0.25, 0.3) is 5.65 Å². The van der Waals surface area contributed by atoms with Crippen molar-refractivity contribution in [1.82, 2.24) is 20.7 Å². The number of alkyl halides is 2. The van der Waals surface area contributed by atoms with Gasteiger partial charge >= 0.3 is 0 Å². The van der Waals surface area contributed by atoms with Gasteiger partial charge < -0.3 is 11.9 Å². The second-order valence-electron chi connectivity index (χ2n) is 2.72. The van der Waals surface area contributed by atoms with E-state index in [1.165, 1.54) is 10.7 Å². The van der Waals surface area contributed by atoms with Gasteiger partial charge in [0.2, 0.25) is 0 Å². The SMILES string of the molecule is N.Nc1c(Br)c(C(F)F)nc2c(Cl)cnn12. The van der Waals surface area contributed by atoms with Crippen LogP contribution < -0.4 is 11.9 Å². The lowest BCUT2D eigenvalue weighted by Crippen LogP contribution is -2.05. The van der Waals surface area contributed by atoms with Crippen molar-refractivity contribution >= 4 is 39.0 Å². The standard InChI is InChI=1S/C7H4BrClF2N4.H3N/c8-3-4(5(10)11)14-7-2(9)1-13-15(7)6(3)12;/h1,5H,12H2;1H3. The molecule has 0 aliphatic heterocycles. The minimum absolute atomic E-state index is 0. The molecule has 5 nitrogen and oxygen atoms in total. The minimum atomic E-state index is -2.72. The molecule has 0 amide bonds. The van der Waals surface area contributed by atoms with Gasteiger partial charge in [-0.05, 0) is 15.9 Å². The molecule has 0 spiro atoms. The van der Waals surface area contributed by atoms with Crippen LogP contribution in [0.3, 0.4) is 0 Å². The normalized spacial score (nSPS) is 10.8. The molecule has 2 aromatic heterocycles. The van der Waals surface area contributed by atoms with Crippen LogP contribution >= 0.6 is 27.5 Å². The molecule has 0 atom stereocenters. The van der Waals surface area contributed by atoms with Crippen molar-refractivity contribution in [2.24, 2.45) is 0 Å². The highest BCUT2D eigenvalue weighted by Gasteiger charge is 2.20. The van der Waals surface area contributed by atoms with E-state index >= 15 is 0 Å². The molecule has 16 heavy (non-hydrogen) atoms. The molecule has 0 aromatic carbocycles. The van der Waals surface area contributed by atoms with Crippen LogP contribution in [0.1, 0.15) is 12.1 Å². The van der Waals surface area contributed by atoms with E-state index < -0.39 is 12.1 Å². The van der Waals surface area contributed by atoms with Crippen LogP contribution in [-0.2, 0) is 0 Å². The Morgan fingerprint density at radius 2 is 2.12 bits per heavy atom. The first kappa shape index (κ1) is 13.1. The lowest BCUT2D eigenvalue weighted by Gasteiger charge is -2.07. The van der Waals surface area contributed by atoms with Gasteiger partial charge in [0.1, 0.15) is 16.5 Å². The van der Waals surface area contributed by atoms with Gasteiger partial charge in [-0.25, -0.2) is 13.8 Å². The molecule has 0 fully saturated rings. The summed E-state index contributed by atoms with van der Waals surface area (Å²) in [5, 5.41) is 3.98. The van der Waals surface area contributed by atoms with E-state index in [0.29, 0.717) is 0 Å². The van der Waals surface area contributed by atoms with E-state index in [0.717, 1.165) is 0 Å². The lowest BCUT2D eigenvalue weighted by molar-refractivity contribution is 0.145. The quantitative estimate of drug-likeness (QED) is 0.846. The summed E-state index contributed by atoms with van der Waals surface area (Å²) < 4.78 is 26.3. The fraction of sp³-hybridized carbons (Fsp3) is 0.143. The van der Waals surface area contributed by atoms with Crippen molar-refractivity contribution in [2.45, 2.75) is 6.43 Å². The van der Waals surface area contributed by atoms with Gasteiger partial charge in [0.15, 0.2) is 5.65 Å². The van der Waals surface area contributed by atoms with Crippen LogP contribution in [0.2, 0.25) is 5.02 Å². The Bertz CT molecular complexity index is 529. The zero-order valence-electron chi connectivity index (χ0n) is 7.79. The number of halogens is 4. The van der Waals surface area contributed by atoms with E-state index in [9.17, 15) is 8.78 Å². The van der Waals surface area contributed by atoms with Crippen LogP contribution in [0, 0.1) is 0 Å². The molecule has 2 rings (SSSR count). The molecular weight excluding hydrogens is 307 g/mol. The summed E-state index contributed by atoms with van der Waals surface area (Å²) in [6.45, 7) is 0. The Morgan fingerprint density at radius 3 is 2.69 bits per heavy atom. The van der Waals surface area contributed by atoms with Crippen molar-refractivity contribution in [3.63, 3.8) is 0 Å². The highest BCUT2D eigenvalue weighted by molar-refractivity contribution is 9.10. The molecule has 0 saturated heterocycles. The molecule has 2 aromatic rings. The molecular formula is C7H7BrClF2N5. The van der Waals surface area contributed by atoms with E-state index in [4.69, 9.17) is 17.3 Å². The molecule has 0 bridgehead atoms. The predicted octanol–water partition coefficient (Wildman–Crippen LogP) is 2.83. The number of hydrogen-bond acceptors (Lipinski definition) is 4. The van der Waals surface area contributed by atoms with Crippen LogP contribution in [0.4, 0.5) is 14.6 Å². The summed E-state index contributed by atoms with van der Waals surface area (Å²) in [5.74, 6) is 0.0437. The van der Waals surface area contributed by atoms with Gasteiger partial charge in [-0.2, -0.15) is 9.61 Å². The highest BCUT2D eigenvalue weighted by Crippen LogP contribution is 2.32. The van der Waals surface area contributed by atoms with Gasteiger partial charge in [-0.15, -0.1) is 0 Å². The molecule has 0 saturated carbocycles. The smallest absolute Gasteiger partial charge is 0.281 e. The largest absolute Gasteiger partial charge is 0.383 e. The zero-order valence-corrected chi connectivity index (χ0v) is 10.1. The number of rotatable bonds is 1. The fourth-order valence-electron chi connectivity index (χ4n) is 1.13. The van der Waals surface area contributed by atoms with Crippen molar-refractivity contribution < 1.29 is 8.78 Å². The fourth-order valence-corrected chi connectivity index (χ4v) is 1.73. The molecule has 0 unspecified atom stereocenters. The Morgan fingerprint density at radius 1 is 1.50 bits per heavy atom. The van der Waals surface area contributed by atoms with E-state index in [2.05, 4.69) is 26.0 Å². The second-order valence-corrected chi connectivity index (χ2v) is 3.93. The number of fused-ring (bicyclic) bond motifs is 1. The summed E-state index contributed by atoms with van der Waals surface area (Å²) >= 11 is 8.65. The number of hydrogen-bond donors (Lipinski definition) is 2. The van der Waals surface area contributed by atoms with Crippen molar-refractivity contribution in [1.29, 1.82) is 0 Å². The van der Waals surface area contributed by atoms with Gasteiger partial charge in [0, 0.05) is 0 Å². The van der Waals surface area contributed by atoms with E-state index in [1.807, 2.05) is 0 Å². The van der Waals surface area contributed by atoms with E-state index in [1.54, 1.807) is 0 Å². The molecule has 5 N–H and O–H groups in total. The average Bonchev–Trinajstić information content (AvgIpc) is 2.53. The van der Waals surface area contributed by atoms with Crippen LogP contribution in [-0.4, -0.2) is 14.6 Å². The summed E-state index contributed by atoms with van der Waals surface area (Å²) in [6, 6.07) is 0. The van der Waals surface area contributed by atoms with Gasteiger partial charge in [0.05, 0.1) is 10.7 Å². The Kier molecular flexibility index (Phi) is 3.66. The lowest BCUT2D eigenvalue weighted by atomic mass is 10.4. The number of nitrogens with two attached hydrogens (primary N) is 1. The van der Waals surface area contributed by atoms with Gasteiger partial charge in [-0.1, -0.05) is 11.6 Å². The third-order valence-corrected chi connectivity index (χ3v) is 2.89. The third-order valence-electron chi connectivity index (χ3n) is 1.81. The summed E-state index contributed by atoms with van der Waals surface area (Å²) in [4.78, 5) is 3.69. The Balaban J connectivity index is 0.00000128. The third kappa shape index (κ3) is 1.83. The summed E-state index contributed by atoms with van der Waals surface area (Å²) in [7, 11) is 0. The van der Waals surface area contributed by atoms with Crippen molar-refractivity contribution in [2.75, 3.05) is 5.73 Å². The first-order valence-corrected chi connectivity index (χ1v) is 4.95. The second kappa shape index (κ2) is 4.48. The average molecular weight is 315 g/mol. The summed E-state index contributed by atoms with van der Waals surface area (Å²) in [5.41, 5.74) is 5.27. The topological polar surface area (TPSA) is 91.2 Å². The molecule has 88 valence electrons. The maximum Gasteiger partial charge on any atom is 0.281 e. The molecule has 0 aliphatic carbocycles.